The first-order valence-electron chi connectivity index (χ1n) is 7.81. The molecular formula is C19H15N5S. The predicted molar refractivity (Wildman–Crippen MR) is 103 cm³/mol. The number of hydrogen-bond acceptors (Lipinski definition) is 6. The van der Waals surface area contributed by atoms with Crippen LogP contribution in [-0.4, -0.2) is 21.2 Å². The van der Waals surface area contributed by atoms with Crippen molar-refractivity contribution < 1.29 is 0 Å². The van der Waals surface area contributed by atoms with E-state index in [0.717, 1.165) is 21.3 Å². The number of aryl methyl sites for hydroxylation is 1. The molecule has 0 bridgehead atoms. The summed E-state index contributed by atoms with van der Waals surface area (Å²) >= 11 is 1.68. The number of nitrogens with one attached hydrogen (secondary N) is 1. The minimum Gasteiger partial charge on any atom is -0.264 e. The molecule has 0 aliphatic rings. The Labute approximate surface area is 149 Å². The molecule has 0 saturated carbocycles. The van der Waals surface area contributed by atoms with E-state index >= 15 is 0 Å². The summed E-state index contributed by atoms with van der Waals surface area (Å²) in [5, 5.41) is 4.28. The zero-order chi connectivity index (χ0) is 17.1. The predicted octanol–water partition coefficient (Wildman–Crippen LogP) is 4.51. The van der Waals surface area contributed by atoms with Crippen molar-refractivity contribution in [3.63, 3.8) is 0 Å². The van der Waals surface area contributed by atoms with Crippen molar-refractivity contribution in [2.45, 2.75) is 6.92 Å². The minimum atomic E-state index is 0.709. The molecule has 0 aliphatic heterocycles. The van der Waals surface area contributed by atoms with Gasteiger partial charge in [0.2, 0.25) is 0 Å². The summed E-state index contributed by atoms with van der Waals surface area (Å²) < 4.78 is 1.00. The van der Waals surface area contributed by atoms with E-state index in [1.54, 1.807) is 36.3 Å². The topological polar surface area (TPSA) is 63.1 Å². The van der Waals surface area contributed by atoms with Gasteiger partial charge in [-0.15, -0.1) is 11.3 Å². The van der Waals surface area contributed by atoms with Crippen LogP contribution in [0.5, 0.6) is 0 Å². The van der Waals surface area contributed by atoms with Gasteiger partial charge in [0, 0.05) is 22.8 Å². The number of benzene rings is 1. The fourth-order valence-electron chi connectivity index (χ4n) is 2.59. The molecule has 0 aliphatic carbocycles. The average Bonchev–Trinajstić information content (AvgIpc) is 3.01. The molecule has 4 rings (SSSR count). The van der Waals surface area contributed by atoms with E-state index in [9.17, 15) is 0 Å². The first-order chi connectivity index (χ1) is 12.3. The Hall–Kier alpha value is -3.12. The van der Waals surface area contributed by atoms with Crippen LogP contribution in [0, 0.1) is 6.92 Å². The summed E-state index contributed by atoms with van der Waals surface area (Å²) in [6.07, 6.45) is 6.78. The van der Waals surface area contributed by atoms with E-state index in [4.69, 9.17) is 0 Å². The number of hydrazone groups is 1. The molecule has 1 aromatic carbocycles. The van der Waals surface area contributed by atoms with Gasteiger partial charge in [0.25, 0.3) is 0 Å². The lowest BCUT2D eigenvalue weighted by Gasteiger charge is -2.00. The quantitative estimate of drug-likeness (QED) is 0.437. The van der Waals surface area contributed by atoms with Crippen LogP contribution >= 0.6 is 11.3 Å². The summed E-state index contributed by atoms with van der Waals surface area (Å²) in [6.45, 7) is 2.09. The second-order valence-electron chi connectivity index (χ2n) is 5.48. The molecule has 0 spiro atoms. The molecule has 122 valence electrons. The van der Waals surface area contributed by atoms with Gasteiger partial charge in [-0.2, -0.15) is 5.10 Å². The van der Waals surface area contributed by atoms with Crippen LogP contribution in [0.1, 0.15) is 11.1 Å². The van der Waals surface area contributed by atoms with Crippen molar-refractivity contribution in [1.82, 2.24) is 15.0 Å². The summed E-state index contributed by atoms with van der Waals surface area (Å²) in [5.74, 6) is 0.709. The van der Waals surface area contributed by atoms with Crippen LogP contribution in [0.25, 0.3) is 20.7 Å². The molecule has 0 fully saturated rings. The number of aromatic nitrogens is 3. The van der Waals surface area contributed by atoms with Gasteiger partial charge in [-0.3, -0.25) is 10.4 Å². The highest BCUT2D eigenvalue weighted by Crippen LogP contribution is 2.39. The molecule has 0 atom stereocenters. The van der Waals surface area contributed by atoms with Gasteiger partial charge < -0.3 is 0 Å². The molecule has 5 nitrogen and oxygen atoms in total. The Morgan fingerprint density at radius 3 is 2.76 bits per heavy atom. The van der Waals surface area contributed by atoms with Gasteiger partial charge >= 0.3 is 0 Å². The molecule has 3 aromatic heterocycles. The highest BCUT2D eigenvalue weighted by molar-refractivity contribution is 7.23. The van der Waals surface area contributed by atoms with Crippen LogP contribution in [0.3, 0.4) is 0 Å². The van der Waals surface area contributed by atoms with E-state index in [2.05, 4.69) is 44.5 Å². The van der Waals surface area contributed by atoms with Crippen LogP contribution in [0.2, 0.25) is 0 Å². The van der Waals surface area contributed by atoms with Gasteiger partial charge in [-0.05, 0) is 24.1 Å². The van der Waals surface area contributed by atoms with Crippen molar-refractivity contribution in [2.24, 2.45) is 5.10 Å². The van der Waals surface area contributed by atoms with Crippen LogP contribution in [0.15, 0.2) is 66.3 Å². The molecule has 1 N–H and O–H groups in total. The Kier molecular flexibility index (Phi) is 4.18. The van der Waals surface area contributed by atoms with E-state index in [1.165, 1.54) is 10.4 Å². The lowest BCUT2D eigenvalue weighted by molar-refractivity contribution is 1.18. The number of anilines is 1. The molecular weight excluding hydrogens is 330 g/mol. The molecule has 25 heavy (non-hydrogen) atoms. The molecule has 0 saturated heterocycles. The molecule has 6 heteroatoms. The van der Waals surface area contributed by atoms with Crippen LogP contribution < -0.4 is 5.43 Å². The maximum atomic E-state index is 4.45. The Bertz CT molecular complexity index is 1030. The summed E-state index contributed by atoms with van der Waals surface area (Å²) in [4.78, 5) is 14.1. The number of fused-ring (bicyclic) bond motifs is 1. The van der Waals surface area contributed by atoms with Gasteiger partial charge in [0.15, 0.2) is 5.82 Å². The second kappa shape index (κ2) is 6.78. The molecule has 0 unspecified atom stereocenters. The number of thiophene rings is 1. The SMILES string of the molecule is Cc1c(-c2ccccc2)sc2c(N/N=C/c3cccnc3)ncnc12. The summed E-state index contributed by atoms with van der Waals surface area (Å²) in [7, 11) is 0. The molecule has 0 amide bonds. The number of hydrogen-bond donors (Lipinski definition) is 1. The van der Waals surface area contributed by atoms with E-state index in [0.29, 0.717) is 5.82 Å². The van der Waals surface area contributed by atoms with Gasteiger partial charge in [-0.25, -0.2) is 9.97 Å². The van der Waals surface area contributed by atoms with E-state index < -0.39 is 0 Å². The lowest BCUT2D eigenvalue weighted by Crippen LogP contribution is -1.94. The van der Waals surface area contributed by atoms with Gasteiger partial charge in [0.05, 0.1) is 16.4 Å². The number of pyridine rings is 1. The first kappa shape index (κ1) is 15.4. The molecule has 0 radical (unpaired) electrons. The van der Waals surface area contributed by atoms with Crippen molar-refractivity contribution in [3.8, 4) is 10.4 Å². The van der Waals surface area contributed by atoms with E-state index in [-0.39, 0.29) is 0 Å². The van der Waals surface area contributed by atoms with Crippen molar-refractivity contribution in [2.75, 3.05) is 5.43 Å². The Morgan fingerprint density at radius 2 is 1.96 bits per heavy atom. The maximum absolute atomic E-state index is 4.45. The van der Waals surface area contributed by atoms with Gasteiger partial charge in [0.1, 0.15) is 6.33 Å². The largest absolute Gasteiger partial charge is 0.264 e. The Morgan fingerprint density at radius 1 is 1.08 bits per heavy atom. The van der Waals surface area contributed by atoms with Gasteiger partial charge in [-0.1, -0.05) is 36.4 Å². The van der Waals surface area contributed by atoms with Crippen molar-refractivity contribution in [3.05, 3.63) is 72.3 Å². The third-order valence-corrected chi connectivity index (χ3v) is 5.15. The highest BCUT2D eigenvalue weighted by Gasteiger charge is 2.14. The summed E-state index contributed by atoms with van der Waals surface area (Å²) in [6, 6.07) is 14.1. The van der Waals surface area contributed by atoms with E-state index in [1.807, 2.05) is 30.3 Å². The molecule has 3 heterocycles. The fourth-order valence-corrected chi connectivity index (χ4v) is 3.79. The average molecular weight is 345 g/mol. The molecule has 4 aromatic rings. The third-order valence-electron chi connectivity index (χ3n) is 3.81. The van der Waals surface area contributed by atoms with Crippen molar-refractivity contribution >= 4 is 33.6 Å². The third kappa shape index (κ3) is 3.12. The minimum absolute atomic E-state index is 0.709. The summed E-state index contributed by atoms with van der Waals surface area (Å²) in [5.41, 5.74) is 7.26. The standard InChI is InChI=1S/C19H15N5S/c1-13-16-18(25-17(13)15-7-3-2-4-8-15)19(22-12-21-16)24-23-11-14-6-5-9-20-10-14/h2-12H,1H3,(H,21,22,24)/b23-11+. The van der Waals surface area contributed by atoms with Crippen molar-refractivity contribution in [1.29, 1.82) is 0 Å². The maximum Gasteiger partial charge on any atom is 0.167 e. The fraction of sp³-hybridized carbons (Fsp3) is 0.0526. The smallest absolute Gasteiger partial charge is 0.167 e. The second-order valence-corrected chi connectivity index (χ2v) is 6.50. The number of rotatable bonds is 4. The van der Waals surface area contributed by atoms with Crippen LogP contribution in [0.4, 0.5) is 5.82 Å². The van der Waals surface area contributed by atoms with Crippen LogP contribution in [-0.2, 0) is 0 Å². The first-order valence-corrected chi connectivity index (χ1v) is 8.63. The lowest BCUT2D eigenvalue weighted by atomic mass is 10.1. The Balaban J connectivity index is 1.69. The number of nitrogens with zero attached hydrogens (tertiary/aromatic N) is 4. The highest BCUT2D eigenvalue weighted by atomic mass is 32.1. The normalized spacial score (nSPS) is 11.2. The zero-order valence-electron chi connectivity index (χ0n) is 13.5. The monoisotopic (exact) mass is 345 g/mol. The zero-order valence-corrected chi connectivity index (χ0v) is 14.4.